The van der Waals surface area contributed by atoms with Crippen molar-refractivity contribution in [1.29, 1.82) is 0 Å². The Balaban J connectivity index is 1.97. The number of rotatable bonds is 1. The van der Waals surface area contributed by atoms with Crippen LogP contribution in [0.3, 0.4) is 0 Å². The number of amides is 1. The van der Waals surface area contributed by atoms with Gasteiger partial charge in [0, 0.05) is 6.04 Å². The maximum absolute atomic E-state index is 12.1. The molecule has 0 spiro atoms. The van der Waals surface area contributed by atoms with Crippen LogP contribution in [0.4, 0.5) is 13.2 Å². The molecule has 0 aromatic heterocycles. The van der Waals surface area contributed by atoms with E-state index in [-0.39, 0.29) is 11.8 Å². The minimum Gasteiger partial charge on any atom is -0.393 e. The zero-order valence-electron chi connectivity index (χ0n) is 9.33. The Bertz CT molecular complexity index is 306. The van der Waals surface area contributed by atoms with Crippen LogP contribution in [0.25, 0.3) is 0 Å². The number of carbonyl (C=O) groups excluding carboxylic acids is 1. The van der Waals surface area contributed by atoms with E-state index in [1.165, 1.54) is 0 Å². The largest absolute Gasteiger partial charge is 0.471 e. The molecule has 2 saturated carbocycles. The molecule has 0 radical (unpaired) electrons. The van der Waals surface area contributed by atoms with Crippen molar-refractivity contribution in [2.75, 3.05) is 0 Å². The van der Waals surface area contributed by atoms with Crippen molar-refractivity contribution in [2.45, 2.75) is 50.4 Å². The lowest BCUT2D eigenvalue weighted by Gasteiger charge is -2.33. The highest BCUT2D eigenvalue weighted by Crippen LogP contribution is 2.42. The highest BCUT2D eigenvalue weighted by molar-refractivity contribution is 5.82. The summed E-state index contributed by atoms with van der Waals surface area (Å²) in [5.74, 6) is -1.80. The van der Waals surface area contributed by atoms with Crippen LogP contribution < -0.4 is 5.32 Å². The molecular formula is C11H16F3NO2. The van der Waals surface area contributed by atoms with E-state index >= 15 is 0 Å². The molecule has 98 valence electrons. The average molecular weight is 251 g/mol. The van der Waals surface area contributed by atoms with Crippen LogP contribution >= 0.6 is 0 Å². The molecule has 4 atom stereocenters. The van der Waals surface area contributed by atoms with Crippen LogP contribution in [0.5, 0.6) is 0 Å². The third-order valence-corrected chi connectivity index (χ3v) is 3.98. The maximum atomic E-state index is 12.1. The van der Waals surface area contributed by atoms with Crippen LogP contribution in [0.15, 0.2) is 0 Å². The monoisotopic (exact) mass is 251 g/mol. The molecule has 17 heavy (non-hydrogen) atoms. The molecule has 2 rings (SSSR count). The third-order valence-electron chi connectivity index (χ3n) is 3.98. The SMILES string of the molecule is O=C(NC1CCC2C(O)CCCC12)C(F)(F)F. The second kappa shape index (κ2) is 4.48. The second-order valence-corrected chi connectivity index (χ2v) is 4.98. The molecule has 3 nitrogen and oxygen atoms in total. The van der Waals surface area contributed by atoms with E-state index in [1.54, 1.807) is 0 Å². The van der Waals surface area contributed by atoms with Gasteiger partial charge in [0.1, 0.15) is 0 Å². The fraction of sp³-hybridized carbons (Fsp3) is 0.909. The van der Waals surface area contributed by atoms with Crippen molar-refractivity contribution in [1.82, 2.24) is 5.32 Å². The first-order chi connectivity index (χ1) is 7.89. The summed E-state index contributed by atoms with van der Waals surface area (Å²) in [5.41, 5.74) is 0. The van der Waals surface area contributed by atoms with Crippen molar-refractivity contribution < 1.29 is 23.1 Å². The molecule has 0 bridgehead atoms. The predicted octanol–water partition coefficient (Wildman–Crippen LogP) is 1.60. The Kier molecular flexibility index (Phi) is 3.34. The van der Waals surface area contributed by atoms with Crippen molar-refractivity contribution in [2.24, 2.45) is 11.8 Å². The van der Waals surface area contributed by atoms with Gasteiger partial charge in [-0.25, -0.2) is 0 Å². The average Bonchev–Trinajstić information content (AvgIpc) is 2.62. The minimum absolute atomic E-state index is 0.00468. The van der Waals surface area contributed by atoms with Gasteiger partial charge in [-0.3, -0.25) is 4.79 Å². The molecule has 6 heteroatoms. The first-order valence-corrected chi connectivity index (χ1v) is 5.95. The van der Waals surface area contributed by atoms with E-state index in [9.17, 15) is 23.1 Å². The van der Waals surface area contributed by atoms with Gasteiger partial charge >= 0.3 is 12.1 Å². The summed E-state index contributed by atoms with van der Waals surface area (Å²) >= 11 is 0. The molecule has 0 aliphatic heterocycles. The highest BCUT2D eigenvalue weighted by atomic mass is 19.4. The van der Waals surface area contributed by atoms with Crippen molar-refractivity contribution in [3.8, 4) is 0 Å². The number of aliphatic hydroxyl groups is 1. The zero-order valence-corrected chi connectivity index (χ0v) is 9.33. The molecular weight excluding hydrogens is 235 g/mol. The lowest BCUT2D eigenvalue weighted by Crippen LogP contribution is -2.46. The second-order valence-electron chi connectivity index (χ2n) is 4.98. The summed E-state index contributed by atoms with van der Waals surface area (Å²) < 4.78 is 36.4. The first kappa shape index (κ1) is 12.7. The normalized spacial score (nSPS) is 37.6. The molecule has 2 fully saturated rings. The Labute approximate surface area is 97.4 Å². The minimum atomic E-state index is -4.81. The van der Waals surface area contributed by atoms with Gasteiger partial charge < -0.3 is 10.4 Å². The Morgan fingerprint density at radius 3 is 2.47 bits per heavy atom. The van der Waals surface area contributed by atoms with E-state index in [2.05, 4.69) is 5.32 Å². The molecule has 2 aliphatic carbocycles. The lowest BCUT2D eigenvalue weighted by atomic mass is 9.78. The molecule has 1 amide bonds. The van der Waals surface area contributed by atoms with Gasteiger partial charge in [-0.15, -0.1) is 0 Å². The summed E-state index contributed by atoms with van der Waals surface area (Å²) in [5, 5.41) is 11.8. The molecule has 2 aliphatic rings. The standard InChI is InChI=1S/C11H16F3NO2/c12-11(13,14)10(17)15-8-5-4-7-6(8)2-1-3-9(7)16/h6-9,16H,1-5H2,(H,15,17). The van der Waals surface area contributed by atoms with Gasteiger partial charge in [0.05, 0.1) is 6.10 Å². The number of hydrogen-bond acceptors (Lipinski definition) is 2. The van der Waals surface area contributed by atoms with Crippen LogP contribution in [0.1, 0.15) is 32.1 Å². The Hall–Kier alpha value is -0.780. The fourth-order valence-corrected chi connectivity index (χ4v) is 3.20. The first-order valence-electron chi connectivity index (χ1n) is 5.95. The van der Waals surface area contributed by atoms with Gasteiger partial charge in [0.25, 0.3) is 0 Å². The number of nitrogens with one attached hydrogen (secondary N) is 1. The van der Waals surface area contributed by atoms with E-state index in [0.29, 0.717) is 12.8 Å². The van der Waals surface area contributed by atoms with Crippen LogP contribution in [-0.2, 0) is 4.79 Å². The predicted molar refractivity (Wildman–Crippen MR) is 54.1 cm³/mol. The molecule has 2 N–H and O–H groups in total. The van der Waals surface area contributed by atoms with Crippen LogP contribution in [-0.4, -0.2) is 29.3 Å². The van der Waals surface area contributed by atoms with E-state index in [4.69, 9.17) is 0 Å². The quantitative estimate of drug-likeness (QED) is 0.743. The smallest absolute Gasteiger partial charge is 0.393 e. The molecule has 0 aromatic carbocycles. The third kappa shape index (κ3) is 2.56. The number of hydrogen-bond donors (Lipinski definition) is 2. The molecule has 0 saturated heterocycles. The maximum Gasteiger partial charge on any atom is 0.471 e. The number of aliphatic hydroxyl groups excluding tert-OH is 1. The summed E-state index contributed by atoms with van der Waals surface area (Å²) in [6.07, 6.45) is -1.65. The Morgan fingerprint density at radius 2 is 1.82 bits per heavy atom. The Morgan fingerprint density at radius 1 is 1.12 bits per heavy atom. The van der Waals surface area contributed by atoms with Gasteiger partial charge in [0.15, 0.2) is 0 Å². The van der Waals surface area contributed by atoms with Gasteiger partial charge in [0.2, 0.25) is 0 Å². The van der Waals surface area contributed by atoms with Crippen molar-refractivity contribution in [3.05, 3.63) is 0 Å². The van der Waals surface area contributed by atoms with Crippen LogP contribution in [0.2, 0.25) is 0 Å². The zero-order chi connectivity index (χ0) is 12.6. The van der Waals surface area contributed by atoms with E-state index in [1.807, 2.05) is 0 Å². The topological polar surface area (TPSA) is 49.3 Å². The van der Waals surface area contributed by atoms with E-state index < -0.39 is 24.2 Å². The van der Waals surface area contributed by atoms with Crippen LogP contribution in [0, 0.1) is 11.8 Å². The number of fused-ring (bicyclic) bond motifs is 1. The lowest BCUT2D eigenvalue weighted by molar-refractivity contribution is -0.174. The van der Waals surface area contributed by atoms with Crippen molar-refractivity contribution >= 4 is 5.91 Å². The van der Waals surface area contributed by atoms with Gasteiger partial charge in [-0.1, -0.05) is 6.42 Å². The van der Waals surface area contributed by atoms with E-state index in [0.717, 1.165) is 19.3 Å². The number of carbonyl (C=O) groups is 1. The van der Waals surface area contributed by atoms with Gasteiger partial charge in [-0.05, 0) is 37.5 Å². The van der Waals surface area contributed by atoms with Gasteiger partial charge in [-0.2, -0.15) is 13.2 Å². The number of halogens is 3. The molecule has 0 aromatic rings. The molecule has 0 heterocycles. The fourth-order valence-electron chi connectivity index (χ4n) is 3.20. The number of alkyl halides is 3. The summed E-state index contributed by atoms with van der Waals surface area (Å²) in [4.78, 5) is 10.9. The summed E-state index contributed by atoms with van der Waals surface area (Å²) in [6.45, 7) is 0. The van der Waals surface area contributed by atoms with Crippen molar-refractivity contribution in [3.63, 3.8) is 0 Å². The summed E-state index contributed by atoms with van der Waals surface area (Å²) in [6, 6.07) is -0.427. The molecule has 4 unspecified atom stereocenters. The summed E-state index contributed by atoms with van der Waals surface area (Å²) in [7, 11) is 0. The highest BCUT2D eigenvalue weighted by Gasteiger charge is 2.46.